The van der Waals surface area contributed by atoms with Gasteiger partial charge < -0.3 is 24.8 Å². The molecule has 1 aliphatic rings. The Morgan fingerprint density at radius 2 is 1.94 bits per heavy atom. The third-order valence-electron chi connectivity index (χ3n) is 6.11. The minimum atomic E-state index is -0.998. The number of carbonyl (C=O) groups excluding carboxylic acids is 2. The number of aliphatic carboxylic acids is 1. The maximum Gasteiger partial charge on any atom is 0.407 e. The van der Waals surface area contributed by atoms with Crippen LogP contribution in [0.1, 0.15) is 42.5 Å². The van der Waals surface area contributed by atoms with Crippen LogP contribution in [0.25, 0.3) is 0 Å². The van der Waals surface area contributed by atoms with Gasteiger partial charge in [-0.25, -0.2) is 4.79 Å². The molecule has 0 spiro atoms. The average Bonchev–Trinajstić information content (AvgIpc) is 2.93. The van der Waals surface area contributed by atoms with Crippen LogP contribution in [-0.2, 0) is 27.4 Å². The summed E-state index contributed by atoms with van der Waals surface area (Å²) in [6.07, 6.45) is 0.0761. The van der Waals surface area contributed by atoms with Crippen LogP contribution in [-0.4, -0.2) is 53.1 Å². The summed E-state index contributed by atoms with van der Waals surface area (Å²) in [5.74, 6) is -1.16. The average molecular weight is 500 g/mol. The van der Waals surface area contributed by atoms with E-state index in [2.05, 4.69) is 5.32 Å². The minimum Gasteiger partial charge on any atom is -0.494 e. The molecule has 11 heteroatoms. The van der Waals surface area contributed by atoms with E-state index >= 15 is 0 Å². The number of hydrogen-bond donors (Lipinski definition) is 2. The Kier molecular flexibility index (Phi) is 8.82. The molecule has 0 bridgehead atoms. The molecule has 0 aliphatic carbocycles. The van der Waals surface area contributed by atoms with E-state index in [1.165, 1.54) is 24.3 Å². The number of rotatable bonds is 10. The molecule has 2 atom stereocenters. The van der Waals surface area contributed by atoms with Gasteiger partial charge >= 0.3 is 12.1 Å². The van der Waals surface area contributed by atoms with Crippen molar-refractivity contribution < 1.29 is 33.9 Å². The smallest absolute Gasteiger partial charge is 0.407 e. The fourth-order valence-electron chi connectivity index (χ4n) is 4.01. The first-order valence-corrected chi connectivity index (χ1v) is 11.5. The van der Waals surface area contributed by atoms with Crippen LogP contribution in [0.2, 0.25) is 0 Å². The van der Waals surface area contributed by atoms with Gasteiger partial charge in [0, 0.05) is 25.7 Å². The molecule has 3 rings (SSSR count). The summed E-state index contributed by atoms with van der Waals surface area (Å²) in [4.78, 5) is 47.5. The van der Waals surface area contributed by atoms with Gasteiger partial charge in [-0.3, -0.25) is 19.7 Å². The molecule has 0 radical (unpaired) electrons. The number of alkyl carbamates (subject to hydrolysis) is 1. The molecule has 0 saturated heterocycles. The van der Waals surface area contributed by atoms with Gasteiger partial charge in [0.05, 0.1) is 29.9 Å². The molecule has 1 aliphatic heterocycles. The molecular formula is C25H29N3O8. The quantitative estimate of drug-likeness (QED) is 0.287. The van der Waals surface area contributed by atoms with Crippen molar-refractivity contribution >= 4 is 23.7 Å². The summed E-state index contributed by atoms with van der Waals surface area (Å²) in [5, 5.41) is 22.4. The fraction of sp³-hybridized carbons (Fsp3) is 0.400. The Bertz CT molecular complexity index is 1120. The van der Waals surface area contributed by atoms with Crippen LogP contribution in [0.4, 0.5) is 10.5 Å². The molecule has 0 fully saturated rings. The molecule has 1 heterocycles. The van der Waals surface area contributed by atoms with Crippen molar-refractivity contribution in [2.75, 3.05) is 20.2 Å². The van der Waals surface area contributed by atoms with E-state index < -0.39 is 22.9 Å². The lowest BCUT2D eigenvalue weighted by Crippen LogP contribution is -2.34. The number of nitro groups is 1. The Hall–Kier alpha value is -4.15. The van der Waals surface area contributed by atoms with E-state index in [0.717, 1.165) is 11.1 Å². The maximum atomic E-state index is 12.7. The number of amides is 2. The Balaban J connectivity index is 1.44. The number of nitro benzene ring substituents is 1. The van der Waals surface area contributed by atoms with Crippen molar-refractivity contribution in [2.45, 2.75) is 38.8 Å². The van der Waals surface area contributed by atoms with Gasteiger partial charge in [0.25, 0.3) is 5.69 Å². The molecule has 192 valence electrons. The molecular weight excluding hydrogens is 470 g/mol. The van der Waals surface area contributed by atoms with Crippen molar-refractivity contribution in [3.05, 3.63) is 69.3 Å². The zero-order valence-electron chi connectivity index (χ0n) is 20.1. The van der Waals surface area contributed by atoms with Crippen LogP contribution >= 0.6 is 0 Å². The number of hydrogen-bond acceptors (Lipinski definition) is 7. The molecule has 2 amide bonds. The summed E-state index contributed by atoms with van der Waals surface area (Å²) in [5.41, 5.74) is 2.45. The normalized spacial score (nSPS) is 17.1. The van der Waals surface area contributed by atoms with Gasteiger partial charge in [-0.2, -0.15) is 0 Å². The highest BCUT2D eigenvalue weighted by Gasteiger charge is 2.33. The number of fused-ring (bicyclic) bond motifs is 1. The van der Waals surface area contributed by atoms with Crippen LogP contribution in [0.5, 0.6) is 5.75 Å². The predicted octanol–water partition coefficient (Wildman–Crippen LogP) is 3.46. The third kappa shape index (κ3) is 6.94. The van der Waals surface area contributed by atoms with E-state index in [1.807, 2.05) is 19.1 Å². The molecule has 2 aromatic rings. The molecule has 36 heavy (non-hydrogen) atoms. The highest BCUT2D eigenvalue weighted by atomic mass is 16.6. The van der Waals surface area contributed by atoms with Gasteiger partial charge in [-0.05, 0) is 60.7 Å². The predicted molar refractivity (Wildman–Crippen MR) is 128 cm³/mol. The summed E-state index contributed by atoms with van der Waals surface area (Å²) in [6, 6.07) is 11.1. The van der Waals surface area contributed by atoms with Crippen LogP contribution in [0.3, 0.4) is 0 Å². The summed E-state index contributed by atoms with van der Waals surface area (Å²) >= 11 is 0. The first kappa shape index (κ1) is 26.5. The van der Waals surface area contributed by atoms with Gasteiger partial charge in [0.2, 0.25) is 5.91 Å². The van der Waals surface area contributed by atoms with Crippen molar-refractivity contribution in [1.82, 2.24) is 10.2 Å². The topological polar surface area (TPSA) is 148 Å². The molecule has 0 aromatic heterocycles. The maximum absolute atomic E-state index is 12.7. The van der Waals surface area contributed by atoms with Crippen LogP contribution < -0.4 is 10.1 Å². The Morgan fingerprint density at radius 1 is 1.22 bits per heavy atom. The zero-order chi connectivity index (χ0) is 26.2. The summed E-state index contributed by atoms with van der Waals surface area (Å²) in [7, 11) is 1.68. The van der Waals surface area contributed by atoms with Gasteiger partial charge in [-0.1, -0.05) is 6.07 Å². The number of carboxylic acids is 1. The number of nitrogens with zero attached hydrogens (tertiary/aromatic N) is 2. The van der Waals surface area contributed by atoms with Gasteiger partial charge in [0.15, 0.2) is 0 Å². The largest absolute Gasteiger partial charge is 0.494 e. The van der Waals surface area contributed by atoms with E-state index in [9.17, 15) is 24.5 Å². The minimum absolute atomic E-state index is 0.00207. The second kappa shape index (κ2) is 12.0. The van der Waals surface area contributed by atoms with E-state index in [-0.39, 0.29) is 30.7 Å². The van der Waals surface area contributed by atoms with Crippen molar-refractivity contribution in [1.29, 1.82) is 0 Å². The first-order chi connectivity index (χ1) is 17.2. The molecule has 2 unspecified atom stereocenters. The lowest BCUT2D eigenvalue weighted by atomic mass is 9.93. The number of carbonyl (C=O) groups is 3. The second-order valence-corrected chi connectivity index (χ2v) is 8.61. The lowest BCUT2D eigenvalue weighted by Gasteiger charge is -2.25. The van der Waals surface area contributed by atoms with Crippen molar-refractivity contribution in [3.63, 3.8) is 0 Å². The summed E-state index contributed by atoms with van der Waals surface area (Å²) < 4.78 is 10.9. The second-order valence-electron chi connectivity index (χ2n) is 8.61. The lowest BCUT2D eigenvalue weighted by molar-refractivity contribution is -0.384. The van der Waals surface area contributed by atoms with Crippen LogP contribution in [0, 0.1) is 16.0 Å². The molecule has 2 N–H and O–H groups in total. The van der Waals surface area contributed by atoms with Crippen LogP contribution in [0.15, 0.2) is 42.5 Å². The van der Waals surface area contributed by atoms with E-state index in [4.69, 9.17) is 14.6 Å². The monoisotopic (exact) mass is 499 g/mol. The van der Waals surface area contributed by atoms with Crippen molar-refractivity contribution in [2.24, 2.45) is 5.92 Å². The van der Waals surface area contributed by atoms with Gasteiger partial charge in [-0.15, -0.1) is 0 Å². The molecule has 11 nitrogen and oxygen atoms in total. The van der Waals surface area contributed by atoms with E-state index in [1.54, 1.807) is 18.0 Å². The molecule has 2 aromatic carbocycles. The number of benzene rings is 2. The van der Waals surface area contributed by atoms with E-state index in [0.29, 0.717) is 37.3 Å². The molecule has 0 saturated carbocycles. The SMILES string of the molecule is CC1c2cc(OCCCNC(=O)OCc3ccc([N+](=O)[O-])cc3)ccc2CC(CC(=O)O)C(=O)N1C. The Labute approximate surface area is 208 Å². The number of ether oxygens (including phenoxy) is 2. The Morgan fingerprint density at radius 3 is 2.61 bits per heavy atom. The standard InChI is InChI=1S/C25H29N3O8/c1-16-22-14-21(9-6-18(22)12-19(13-23(29)30)24(31)27(16)2)35-11-3-10-26-25(32)36-15-17-4-7-20(8-5-17)28(33)34/h4-9,14,16,19H,3,10-13,15H2,1-2H3,(H,26,32)(H,29,30). The third-order valence-corrected chi connectivity index (χ3v) is 6.11. The van der Waals surface area contributed by atoms with Crippen molar-refractivity contribution in [3.8, 4) is 5.75 Å². The number of carboxylic acid groups (broad SMARTS) is 1. The first-order valence-electron chi connectivity index (χ1n) is 11.5. The number of non-ortho nitro benzene ring substituents is 1. The summed E-state index contributed by atoms with van der Waals surface area (Å²) in [6.45, 7) is 2.56. The highest BCUT2D eigenvalue weighted by molar-refractivity contribution is 5.84. The highest BCUT2D eigenvalue weighted by Crippen LogP contribution is 2.34. The zero-order valence-corrected chi connectivity index (χ0v) is 20.1. The number of nitrogens with one attached hydrogen (secondary N) is 1. The fourth-order valence-corrected chi connectivity index (χ4v) is 4.01. The van der Waals surface area contributed by atoms with Gasteiger partial charge in [0.1, 0.15) is 12.4 Å².